The molecule has 2 heterocycles. The van der Waals surface area contributed by atoms with E-state index in [0.717, 1.165) is 33.3 Å². The van der Waals surface area contributed by atoms with Crippen molar-refractivity contribution in [1.29, 1.82) is 0 Å². The van der Waals surface area contributed by atoms with Crippen LogP contribution in [-0.4, -0.2) is 37.0 Å². The van der Waals surface area contributed by atoms with Crippen LogP contribution in [0, 0.1) is 0 Å². The fourth-order valence-electron chi connectivity index (χ4n) is 3.45. The summed E-state index contributed by atoms with van der Waals surface area (Å²) in [4.78, 5) is 6.47. The molecule has 7 heteroatoms. The highest BCUT2D eigenvalue weighted by Crippen LogP contribution is 2.39. The molecule has 0 aliphatic heterocycles. The summed E-state index contributed by atoms with van der Waals surface area (Å²) in [6.45, 7) is 0. The number of nitrogens with zero attached hydrogens (tertiary/aromatic N) is 1. The Morgan fingerprint density at radius 3 is 2.28 bits per heavy atom. The molecule has 0 spiro atoms. The molecule has 148 valence electrons. The zero-order chi connectivity index (χ0) is 20.4. The quantitative estimate of drug-likeness (QED) is 0.264. The standard InChI is InChI=1S/C22H22N4O3/c1-27-19-10-15(11-20(28-2)22(19)29-3)21(26-23)18-9-16(12-25-18)13-4-5-17-14(8-13)6-7-24-17/h4-12,24-25H,23H2,1-3H3. The molecule has 0 atom stereocenters. The van der Waals surface area contributed by atoms with E-state index in [1.54, 1.807) is 21.3 Å². The Hall–Kier alpha value is -3.87. The van der Waals surface area contributed by atoms with Crippen molar-refractivity contribution in [1.82, 2.24) is 9.97 Å². The van der Waals surface area contributed by atoms with Crippen molar-refractivity contribution in [2.24, 2.45) is 10.9 Å². The summed E-state index contributed by atoms with van der Waals surface area (Å²) in [6, 6.07) is 14.0. The highest BCUT2D eigenvalue weighted by molar-refractivity contribution is 6.12. The highest BCUT2D eigenvalue weighted by Gasteiger charge is 2.18. The number of H-pyrrole nitrogens is 2. The smallest absolute Gasteiger partial charge is 0.203 e. The second-order valence-corrected chi connectivity index (χ2v) is 6.47. The highest BCUT2D eigenvalue weighted by atomic mass is 16.5. The van der Waals surface area contributed by atoms with Gasteiger partial charge in [0, 0.05) is 23.5 Å². The number of hydrogen-bond acceptors (Lipinski definition) is 5. The maximum atomic E-state index is 5.75. The van der Waals surface area contributed by atoms with Crippen molar-refractivity contribution in [3.05, 3.63) is 66.1 Å². The summed E-state index contributed by atoms with van der Waals surface area (Å²) in [6.07, 6.45) is 3.87. The van der Waals surface area contributed by atoms with E-state index in [1.807, 2.05) is 30.6 Å². The molecule has 4 rings (SSSR count). The van der Waals surface area contributed by atoms with Crippen LogP contribution in [0.1, 0.15) is 11.3 Å². The third-order valence-corrected chi connectivity index (χ3v) is 4.89. The first-order valence-corrected chi connectivity index (χ1v) is 9.03. The molecule has 0 unspecified atom stereocenters. The lowest BCUT2D eigenvalue weighted by Crippen LogP contribution is -2.08. The zero-order valence-corrected chi connectivity index (χ0v) is 16.4. The fourth-order valence-corrected chi connectivity index (χ4v) is 3.45. The molecule has 4 N–H and O–H groups in total. The molecule has 0 radical (unpaired) electrons. The number of aromatic nitrogens is 2. The molecule has 0 bridgehead atoms. The van der Waals surface area contributed by atoms with Gasteiger partial charge in [-0.05, 0) is 52.9 Å². The van der Waals surface area contributed by atoms with E-state index in [1.165, 1.54) is 0 Å². The van der Waals surface area contributed by atoms with Crippen molar-refractivity contribution in [2.75, 3.05) is 21.3 Å². The molecular formula is C22H22N4O3. The van der Waals surface area contributed by atoms with Gasteiger partial charge in [0.1, 0.15) is 5.71 Å². The maximum Gasteiger partial charge on any atom is 0.203 e. The number of rotatable bonds is 6. The number of hydrazone groups is 1. The van der Waals surface area contributed by atoms with Gasteiger partial charge in [-0.15, -0.1) is 0 Å². The summed E-state index contributed by atoms with van der Waals surface area (Å²) >= 11 is 0. The number of hydrogen-bond donors (Lipinski definition) is 3. The monoisotopic (exact) mass is 390 g/mol. The lowest BCUT2D eigenvalue weighted by Gasteiger charge is -2.14. The first-order chi connectivity index (χ1) is 14.2. The van der Waals surface area contributed by atoms with Crippen molar-refractivity contribution in [3.63, 3.8) is 0 Å². The molecular weight excluding hydrogens is 368 g/mol. The van der Waals surface area contributed by atoms with Crippen LogP contribution in [0.3, 0.4) is 0 Å². The second kappa shape index (κ2) is 7.63. The van der Waals surface area contributed by atoms with Crippen LogP contribution < -0.4 is 20.1 Å². The number of fused-ring (bicyclic) bond motifs is 1. The van der Waals surface area contributed by atoms with Crippen LogP contribution in [-0.2, 0) is 0 Å². The molecule has 0 aliphatic carbocycles. The predicted molar refractivity (Wildman–Crippen MR) is 114 cm³/mol. The van der Waals surface area contributed by atoms with Gasteiger partial charge >= 0.3 is 0 Å². The Morgan fingerprint density at radius 2 is 1.62 bits per heavy atom. The number of nitrogens with two attached hydrogens (primary N) is 1. The van der Waals surface area contributed by atoms with Gasteiger partial charge in [-0.25, -0.2) is 0 Å². The van der Waals surface area contributed by atoms with E-state index in [0.29, 0.717) is 23.0 Å². The van der Waals surface area contributed by atoms with Crippen LogP contribution in [0.2, 0.25) is 0 Å². The minimum atomic E-state index is 0.516. The SMILES string of the molecule is COc1cc(C(=NN)c2cc(-c3ccc4[nH]ccc4c3)c[nH]2)cc(OC)c1OC. The normalized spacial score (nSPS) is 11.6. The summed E-state index contributed by atoms with van der Waals surface area (Å²) < 4.78 is 16.3. The summed E-state index contributed by atoms with van der Waals surface area (Å²) in [5.74, 6) is 7.34. The molecule has 0 saturated carbocycles. The summed E-state index contributed by atoms with van der Waals surface area (Å²) in [5, 5.41) is 5.17. The summed E-state index contributed by atoms with van der Waals surface area (Å²) in [7, 11) is 4.71. The zero-order valence-electron chi connectivity index (χ0n) is 16.4. The largest absolute Gasteiger partial charge is 0.493 e. The number of benzene rings is 2. The Kier molecular flexibility index (Phi) is 4.87. The van der Waals surface area contributed by atoms with E-state index in [2.05, 4.69) is 39.3 Å². The van der Waals surface area contributed by atoms with E-state index >= 15 is 0 Å². The maximum absolute atomic E-state index is 5.75. The Morgan fingerprint density at radius 1 is 0.862 bits per heavy atom. The minimum absolute atomic E-state index is 0.516. The Balaban J connectivity index is 1.74. The Labute approximate surface area is 168 Å². The van der Waals surface area contributed by atoms with E-state index < -0.39 is 0 Å². The van der Waals surface area contributed by atoms with Gasteiger partial charge in [0.25, 0.3) is 0 Å². The van der Waals surface area contributed by atoms with Gasteiger partial charge in [0.15, 0.2) is 11.5 Å². The molecule has 2 aromatic heterocycles. The van der Waals surface area contributed by atoms with E-state index in [4.69, 9.17) is 20.1 Å². The van der Waals surface area contributed by atoms with Crippen molar-refractivity contribution >= 4 is 16.6 Å². The topological polar surface area (TPSA) is 97.7 Å². The summed E-state index contributed by atoms with van der Waals surface area (Å²) in [5.41, 5.74) is 5.35. The van der Waals surface area contributed by atoms with E-state index in [-0.39, 0.29) is 0 Å². The minimum Gasteiger partial charge on any atom is -0.493 e. The molecule has 0 aliphatic rings. The average molecular weight is 390 g/mol. The van der Waals surface area contributed by atoms with Crippen LogP contribution in [0.15, 0.2) is 60.0 Å². The first kappa shape index (κ1) is 18.5. The predicted octanol–water partition coefficient (Wildman–Crippen LogP) is 3.90. The van der Waals surface area contributed by atoms with Crippen molar-refractivity contribution in [2.45, 2.75) is 0 Å². The molecule has 2 aromatic carbocycles. The molecule has 0 fully saturated rings. The van der Waals surface area contributed by atoms with Crippen LogP contribution >= 0.6 is 0 Å². The van der Waals surface area contributed by atoms with Gasteiger partial charge in [-0.1, -0.05) is 6.07 Å². The fraction of sp³-hybridized carbons (Fsp3) is 0.136. The van der Waals surface area contributed by atoms with Crippen molar-refractivity contribution < 1.29 is 14.2 Å². The number of methoxy groups -OCH3 is 3. The molecule has 4 aromatic rings. The van der Waals surface area contributed by atoms with Crippen LogP contribution in [0.5, 0.6) is 17.2 Å². The first-order valence-electron chi connectivity index (χ1n) is 9.03. The van der Waals surface area contributed by atoms with E-state index in [9.17, 15) is 0 Å². The molecule has 0 saturated heterocycles. The number of aromatic amines is 2. The molecule has 29 heavy (non-hydrogen) atoms. The third kappa shape index (κ3) is 3.27. The molecule has 0 amide bonds. The van der Waals surface area contributed by atoms with Crippen LogP contribution in [0.25, 0.3) is 22.0 Å². The third-order valence-electron chi connectivity index (χ3n) is 4.89. The lowest BCUT2D eigenvalue weighted by atomic mass is 10.0. The number of ether oxygens (including phenoxy) is 3. The molecule has 7 nitrogen and oxygen atoms in total. The van der Waals surface area contributed by atoms with Crippen LogP contribution in [0.4, 0.5) is 0 Å². The number of nitrogens with one attached hydrogen (secondary N) is 2. The van der Waals surface area contributed by atoms with Crippen molar-refractivity contribution in [3.8, 4) is 28.4 Å². The van der Waals surface area contributed by atoms with Gasteiger partial charge in [-0.2, -0.15) is 5.10 Å². The van der Waals surface area contributed by atoms with Gasteiger partial charge < -0.3 is 30.0 Å². The van der Waals surface area contributed by atoms with Gasteiger partial charge in [-0.3, -0.25) is 0 Å². The second-order valence-electron chi connectivity index (χ2n) is 6.47. The Bertz CT molecular complexity index is 1160. The van der Waals surface area contributed by atoms with Gasteiger partial charge in [0.2, 0.25) is 5.75 Å². The average Bonchev–Trinajstić information content (AvgIpc) is 3.42. The van der Waals surface area contributed by atoms with Gasteiger partial charge in [0.05, 0.1) is 27.0 Å². The lowest BCUT2D eigenvalue weighted by molar-refractivity contribution is 0.324.